The first kappa shape index (κ1) is 9.84. The average molecular weight is 209 g/mol. The van der Waals surface area contributed by atoms with E-state index in [-0.39, 0.29) is 0 Å². The molecule has 0 bridgehead atoms. The monoisotopic (exact) mass is 209 g/mol. The van der Waals surface area contributed by atoms with Crippen LogP contribution in [0.5, 0.6) is 5.75 Å². The van der Waals surface area contributed by atoms with Crippen molar-refractivity contribution in [2.75, 3.05) is 6.26 Å². The molecule has 1 aliphatic carbocycles. The number of hydrogen-bond acceptors (Lipinski definition) is 3. The lowest BCUT2D eigenvalue weighted by molar-refractivity contribution is 0.295. The Kier molecular flexibility index (Phi) is 2.96. The zero-order valence-electron chi connectivity index (χ0n) is 8.62. The summed E-state index contributed by atoms with van der Waals surface area (Å²) in [6, 6.07) is 1.98. The van der Waals surface area contributed by atoms with Crippen LogP contribution in [-0.4, -0.2) is 17.3 Å². The minimum atomic E-state index is 0.466. The van der Waals surface area contributed by atoms with Crippen molar-refractivity contribution in [3.8, 4) is 5.75 Å². The number of hydrogen-bond donors (Lipinski definition) is 0. The fourth-order valence-corrected chi connectivity index (χ4v) is 2.15. The Bertz CT molecular complexity index is 323. The normalized spacial score (nSPS) is 15.6. The molecule has 0 spiro atoms. The maximum Gasteiger partial charge on any atom is 0.136 e. The number of nitrogens with zero attached hydrogens (tertiary/aromatic N) is 1. The van der Waals surface area contributed by atoms with Gasteiger partial charge in [-0.2, -0.15) is 0 Å². The summed E-state index contributed by atoms with van der Waals surface area (Å²) in [6.07, 6.45) is 7.77. The SMILES string of the molecule is CCc1nccc(OC2CC2)c1SC. The van der Waals surface area contributed by atoms with Crippen LogP contribution in [0.15, 0.2) is 17.2 Å². The molecule has 0 aliphatic heterocycles. The Labute approximate surface area is 89.1 Å². The van der Waals surface area contributed by atoms with Gasteiger partial charge in [-0.1, -0.05) is 6.92 Å². The third-order valence-corrected chi connectivity index (χ3v) is 3.14. The standard InChI is InChI=1S/C11H15NOS/c1-3-9-11(14-2)10(6-7-12-9)13-8-4-5-8/h6-8H,3-5H2,1-2H3. The van der Waals surface area contributed by atoms with Gasteiger partial charge < -0.3 is 4.74 Å². The Morgan fingerprint density at radius 1 is 1.57 bits per heavy atom. The molecule has 1 aliphatic rings. The van der Waals surface area contributed by atoms with E-state index >= 15 is 0 Å². The average Bonchev–Trinajstić information content (AvgIpc) is 3.01. The molecule has 2 nitrogen and oxygen atoms in total. The number of aromatic nitrogens is 1. The largest absolute Gasteiger partial charge is 0.489 e. The van der Waals surface area contributed by atoms with Crippen molar-refractivity contribution in [1.29, 1.82) is 0 Å². The van der Waals surface area contributed by atoms with Crippen LogP contribution in [0.1, 0.15) is 25.5 Å². The van der Waals surface area contributed by atoms with Crippen LogP contribution >= 0.6 is 11.8 Å². The van der Waals surface area contributed by atoms with Gasteiger partial charge in [0.25, 0.3) is 0 Å². The van der Waals surface area contributed by atoms with Crippen LogP contribution in [0.4, 0.5) is 0 Å². The molecule has 3 heteroatoms. The fourth-order valence-electron chi connectivity index (χ4n) is 1.40. The highest BCUT2D eigenvalue weighted by atomic mass is 32.2. The van der Waals surface area contributed by atoms with Gasteiger partial charge >= 0.3 is 0 Å². The lowest BCUT2D eigenvalue weighted by Crippen LogP contribution is -2.00. The van der Waals surface area contributed by atoms with Crippen LogP contribution < -0.4 is 4.74 Å². The van der Waals surface area contributed by atoms with Gasteiger partial charge in [-0.15, -0.1) is 11.8 Å². The first-order chi connectivity index (χ1) is 6.85. The van der Waals surface area contributed by atoms with Gasteiger partial charge in [-0.3, -0.25) is 4.98 Å². The van der Waals surface area contributed by atoms with Crippen molar-refractivity contribution in [3.05, 3.63) is 18.0 Å². The summed E-state index contributed by atoms with van der Waals surface area (Å²) in [4.78, 5) is 5.57. The predicted molar refractivity (Wildman–Crippen MR) is 59.0 cm³/mol. The molecule has 1 aromatic heterocycles. The molecule has 0 aromatic carbocycles. The third kappa shape index (κ3) is 2.03. The van der Waals surface area contributed by atoms with Gasteiger partial charge in [0.1, 0.15) is 5.75 Å². The highest BCUT2D eigenvalue weighted by Crippen LogP contribution is 2.34. The van der Waals surface area contributed by atoms with E-state index in [1.807, 2.05) is 12.3 Å². The minimum Gasteiger partial charge on any atom is -0.489 e. The van der Waals surface area contributed by atoms with Gasteiger partial charge in [0.2, 0.25) is 0 Å². The van der Waals surface area contributed by atoms with E-state index in [1.165, 1.54) is 17.7 Å². The molecule has 0 unspecified atom stereocenters. The van der Waals surface area contributed by atoms with E-state index in [2.05, 4.69) is 18.2 Å². The van der Waals surface area contributed by atoms with Crippen molar-refractivity contribution in [1.82, 2.24) is 4.98 Å². The predicted octanol–water partition coefficient (Wildman–Crippen LogP) is 2.91. The van der Waals surface area contributed by atoms with Crippen molar-refractivity contribution in [2.24, 2.45) is 0 Å². The second-order valence-corrected chi connectivity index (χ2v) is 4.28. The smallest absolute Gasteiger partial charge is 0.136 e. The molecule has 1 saturated carbocycles. The Hall–Kier alpha value is -0.700. The van der Waals surface area contributed by atoms with Crippen LogP contribution in [0.3, 0.4) is 0 Å². The van der Waals surface area contributed by atoms with Crippen LogP contribution in [0.25, 0.3) is 0 Å². The van der Waals surface area contributed by atoms with Crippen molar-refractivity contribution < 1.29 is 4.74 Å². The van der Waals surface area contributed by atoms with Crippen LogP contribution in [0, 0.1) is 0 Å². The summed E-state index contributed by atoms with van der Waals surface area (Å²) >= 11 is 1.73. The highest BCUT2D eigenvalue weighted by Gasteiger charge is 2.25. The van der Waals surface area contributed by atoms with Gasteiger partial charge in [0.05, 0.1) is 16.7 Å². The summed E-state index contributed by atoms with van der Waals surface area (Å²) in [5.41, 5.74) is 1.15. The Morgan fingerprint density at radius 3 is 2.93 bits per heavy atom. The Morgan fingerprint density at radius 2 is 2.36 bits per heavy atom. The molecule has 2 rings (SSSR count). The van der Waals surface area contributed by atoms with Crippen molar-refractivity contribution >= 4 is 11.8 Å². The number of ether oxygens (including phenoxy) is 1. The van der Waals surface area contributed by atoms with Gasteiger partial charge in [0, 0.05) is 6.20 Å². The van der Waals surface area contributed by atoms with E-state index < -0.39 is 0 Å². The number of thioether (sulfide) groups is 1. The summed E-state index contributed by atoms with van der Waals surface area (Å²) in [7, 11) is 0. The second-order valence-electron chi connectivity index (χ2n) is 3.46. The summed E-state index contributed by atoms with van der Waals surface area (Å²) in [5.74, 6) is 1.02. The number of rotatable bonds is 4. The molecule has 76 valence electrons. The van der Waals surface area contributed by atoms with Crippen molar-refractivity contribution in [2.45, 2.75) is 37.2 Å². The van der Waals surface area contributed by atoms with E-state index in [9.17, 15) is 0 Å². The zero-order valence-corrected chi connectivity index (χ0v) is 9.43. The summed E-state index contributed by atoms with van der Waals surface area (Å²) < 4.78 is 5.83. The van der Waals surface area contributed by atoms with Crippen molar-refractivity contribution in [3.63, 3.8) is 0 Å². The first-order valence-corrected chi connectivity index (χ1v) is 6.26. The lowest BCUT2D eigenvalue weighted by Gasteiger charge is -2.11. The molecule has 14 heavy (non-hydrogen) atoms. The lowest BCUT2D eigenvalue weighted by atomic mass is 10.3. The topological polar surface area (TPSA) is 22.1 Å². The fraction of sp³-hybridized carbons (Fsp3) is 0.545. The van der Waals surface area contributed by atoms with E-state index in [0.717, 1.165) is 17.9 Å². The quantitative estimate of drug-likeness (QED) is 0.712. The van der Waals surface area contributed by atoms with E-state index in [1.54, 1.807) is 11.8 Å². The van der Waals surface area contributed by atoms with Gasteiger partial charge in [0.15, 0.2) is 0 Å². The molecular weight excluding hydrogens is 194 g/mol. The summed E-state index contributed by atoms with van der Waals surface area (Å²) in [6.45, 7) is 2.13. The molecule has 0 radical (unpaired) electrons. The highest BCUT2D eigenvalue weighted by molar-refractivity contribution is 7.98. The minimum absolute atomic E-state index is 0.466. The summed E-state index contributed by atoms with van der Waals surface area (Å²) in [5, 5.41) is 0. The third-order valence-electron chi connectivity index (χ3n) is 2.30. The van der Waals surface area contributed by atoms with Crippen LogP contribution in [-0.2, 0) is 6.42 Å². The molecule has 1 aromatic rings. The Balaban J connectivity index is 2.26. The van der Waals surface area contributed by atoms with E-state index in [4.69, 9.17) is 4.74 Å². The molecule has 0 N–H and O–H groups in total. The molecule has 1 fully saturated rings. The molecule has 0 atom stereocenters. The molecular formula is C11H15NOS. The van der Waals surface area contributed by atoms with Gasteiger partial charge in [-0.05, 0) is 31.6 Å². The zero-order chi connectivity index (χ0) is 9.97. The van der Waals surface area contributed by atoms with E-state index in [0.29, 0.717) is 6.10 Å². The second kappa shape index (κ2) is 4.22. The van der Waals surface area contributed by atoms with Gasteiger partial charge in [-0.25, -0.2) is 0 Å². The number of aryl methyl sites for hydroxylation is 1. The maximum absolute atomic E-state index is 5.83. The maximum atomic E-state index is 5.83. The molecule has 1 heterocycles. The molecule has 0 amide bonds. The number of pyridine rings is 1. The first-order valence-electron chi connectivity index (χ1n) is 5.03. The van der Waals surface area contributed by atoms with Crippen LogP contribution in [0.2, 0.25) is 0 Å². The molecule has 0 saturated heterocycles.